The molecule has 22 heavy (non-hydrogen) atoms. The van der Waals surface area contributed by atoms with Gasteiger partial charge in [-0.25, -0.2) is 17.5 Å². The van der Waals surface area contributed by atoms with Crippen LogP contribution in [0.1, 0.15) is 32.6 Å². The van der Waals surface area contributed by atoms with Gasteiger partial charge < -0.3 is 9.47 Å². The minimum atomic E-state index is -3.69. The van der Waals surface area contributed by atoms with E-state index in [0.717, 1.165) is 18.9 Å². The molecule has 5 nitrogen and oxygen atoms in total. The zero-order valence-electron chi connectivity index (χ0n) is 12.5. The van der Waals surface area contributed by atoms with Crippen LogP contribution >= 0.6 is 0 Å². The van der Waals surface area contributed by atoms with Gasteiger partial charge in [0.1, 0.15) is 6.10 Å². The lowest BCUT2D eigenvalue weighted by Gasteiger charge is -2.23. The standard InChI is InChI=1S/C15H20FNO4S/c1-15(6-7-15)17-22(18,19)12-2-3-14(13(16)10-12)21-11-4-8-20-9-5-11/h2-3,10-11,17H,4-9H2,1H3. The molecule has 1 N–H and O–H groups in total. The predicted molar refractivity (Wildman–Crippen MR) is 78.8 cm³/mol. The Hall–Kier alpha value is -1.18. The van der Waals surface area contributed by atoms with Crippen molar-refractivity contribution in [3.8, 4) is 5.75 Å². The maximum absolute atomic E-state index is 14.1. The topological polar surface area (TPSA) is 64.6 Å². The number of hydrogen-bond acceptors (Lipinski definition) is 4. The Morgan fingerprint density at radius 3 is 2.59 bits per heavy atom. The van der Waals surface area contributed by atoms with Crippen LogP contribution in [0.5, 0.6) is 5.75 Å². The third-order valence-electron chi connectivity index (χ3n) is 4.06. The summed E-state index contributed by atoms with van der Waals surface area (Å²) < 4.78 is 52.0. The molecule has 0 radical (unpaired) electrons. The average Bonchev–Trinajstić information content (AvgIpc) is 3.18. The van der Waals surface area contributed by atoms with E-state index in [4.69, 9.17) is 9.47 Å². The van der Waals surface area contributed by atoms with Gasteiger partial charge in [-0.3, -0.25) is 0 Å². The molecule has 0 aromatic heterocycles. The number of ether oxygens (including phenoxy) is 2. The van der Waals surface area contributed by atoms with E-state index in [0.29, 0.717) is 26.1 Å². The van der Waals surface area contributed by atoms with E-state index in [1.165, 1.54) is 12.1 Å². The molecule has 122 valence electrons. The van der Waals surface area contributed by atoms with Crippen LogP contribution in [0.4, 0.5) is 4.39 Å². The quantitative estimate of drug-likeness (QED) is 0.899. The monoisotopic (exact) mass is 329 g/mol. The van der Waals surface area contributed by atoms with Crippen LogP contribution in [-0.2, 0) is 14.8 Å². The molecule has 1 saturated heterocycles. The van der Waals surface area contributed by atoms with Gasteiger partial charge >= 0.3 is 0 Å². The number of rotatable bonds is 5. The second-order valence-electron chi connectivity index (χ2n) is 6.19. The fraction of sp³-hybridized carbons (Fsp3) is 0.600. The van der Waals surface area contributed by atoms with E-state index in [-0.39, 0.29) is 22.3 Å². The van der Waals surface area contributed by atoms with Crippen molar-refractivity contribution in [1.82, 2.24) is 4.72 Å². The van der Waals surface area contributed by atoms with E-state index >= 15 is 0 Å². The molecule has 1 heterocycles. The number of hydrogen-bond donors (Lipinski definition) is 1. The van der Waals surface area contributed by atoms with Gasteiger partial charge in [-0.1, -0.05) is 0 Å². The van der Waals surface area contributed by atoms with Crippen LogP contribution in [0.2, 0.25) is 0 Å². The maximum Gasteiger partial charge on any atom is 0.241 e. The highest BCUT2D eigenvalue weighted by atomic mass is 32.2. The number of benzene rings is 1. The Kier molecular flexibility index (Phi) is 4.13. The zero-order valence-corrected chi connectivity index (χ0v) is 13.3. The van der Waals surface area contributed by atoms with Crippen LogP contribution in [0.15, 0.2) is 23.1 Å². The molecule has 3 rings (SSSR count). The molecule has 0 amide bonds. The highest BCUT2D eigenvalue weighted by Crippen LogP contribution is 2.36. The molecule has 0 spiro atoms. The molecular weight excluding hydrogens is 309 g/mol. The zero-order chi connectivity index (χ0) is 15.8. The first-order valence-corrected chi connectivity index (χ1v) is 8.94. The summed E-state index contributed by atoms with van der Waals surface area (Å²) in [6.45, 7) is 3.03. The van der Waals surface area contributed by atoms with Gasteiger partial charge in [0.25, 0.3) is 0 Å². The molecule has 0 atom stereocenters. The van der Waals surface area contributed by atoms with E-state index in [1.54, 1.807) is 0 Å². The van der Waals surface area contributed by atoms with E-state index < -0.39 is 15.8 Å². The molecule has 0 unspecified atom stereocenters. The van der Waals surface area contributed by atoms with Crippen molar-refractivity contribution in [3.05, 3.63) is 24.0 Å². The first kappa shape index (κ1) is 15.7. The van der Waals surface area contributed by atoms with Crippen molar-refractivity contribution in [1.29, 1.82) is 0 Å². The van der Waals surface area contributed by atoms with Crippen LogP contribution < -0.4 is 9.46 Å². The molecule has 7 heteroatoms. The summed E-state index contributed by atoms with van der Waals surface area (Å²) in [5.41, 5.74) is -0.382. The number of nitrogens with one attached hydrogen (secondary N) is 1. The SMILES string of the molecule is CC1(NS(=O)(=O)c2ccc(OC3CCOCC3)c(F)c2)CC1. The highest BCUT2D eigenvalue weighted by Gasteiger charge is 2.41. The molecule has 2 aliphatic rings. The van der Waals surface area contributed by atoms with Crippen molar-refractivity contribution in [2.75, 3.05) is 13.2 Å². The molecular formula is C15H20FNO4S. The van der Waals surface area contributed by atoms with E-state index in [1.807, 2.05) is 6.92 Å². The van der Waals surface area contributed by atoms with Crippen LogP contribution in [0.3, 0.4) is 0 Å². The van der Waals surface area contributed by atoms with Gasteiger partial charge in [0, 0.05) is 18.4 Å². The summed E-state index contributed by atoms with van der Waals surface area (Å²) in [4.78, 5) is -0.0718. The number of halogens is 1. The van der Waals surface area contributed by atoms with E-state index in [2.05, 4.69) is 4.72 Å². The Morgan fingerprint density at radius 2 is 2.00 bits per heavy atom. The fourth-order valence-electron chi connectivity index (χ4n) is 2.39. The third kappa shape index (κ3) is 3.59. The fourth-order valence-corrected chi connectivity index (χ4v) is 3.87. The van der Waals surface area contributed by atoms with Crippen molar-refractivity contribution in [3.63, 3.8) is 0 Å². The second kappa shape index (κ2) is 5.79. The molecule has 1 aromatic carbocycles. The summed E-state index contributed by atoms with van der Waals surface area (Å²) in [6, 6.07) is 3.78. The first-order valence-electron chi connectivity index (χ1n) is 7.46. The van der Waals surface area contributed by atoms with E-state index in [9.17, 15) is 12.8 Å². The molecule has 0 bridgehead atoms. The Bertz CT molecular complexity index is 652. The Labute approximate surface area is 129 Å². The smallest absolute Gasteiger partial charge is 0.241 e. The van der Waals surface area contributed by atoms with Crippen LogP contribution in [-0.4, -0.2) is 33.3 Å². The lowest BCUT2D eigenvalue weighted by atomic mass is 10.1. The minimum absolute atomic E-state index is 0.0718. The predicted octanol–water partition coefficient (Wildman–Crippen LogP) is 2.21. The molecule has 1 aliphatic heterocycles. The van der Waals surface area contributed by atoms with Gasteiger partial charge in [-0.15, -0.1) is 0 Å². The summed E-state index contributed by atoms with van der Waals surface area (Å²) in [5, 5.41) is 0. The van der Waals surface area contributed by atoms with Gasteiger partial charge in [-0.2, -0.15) is 0 Å². The van der Waals surface area contributed by atoms with Gasteiger partial charge in [0.15, 0.2) is 11.6 Å². The first-order chi connectivity index (χ1) is 10.4. The summed E-state index contributed by atoms with van der Waals surface area (Å²) in [5.74, 6) is -0.571. The second-order valence-corrected chi connectivity index (χ2v) is 7.87. The Balaban J connectivity index is 1.73. The lowest BCUT2D eigenvalue weighted by Crippen LogP contribution is -2.34. The molecule has 1 aliphatic carbocycles. The summed E-state index contributed by atoms with van der Waals surface area (Å²) in [7, 11) is -3.69. The Morgan fingerprint density at radius 1 is 1.32 bits per heavy atom. The van der Waals surface area contributed by atoms with Crippen molar-refractivity contribution < 1.29 is 22.3 Å². The van der Waals surface area contributed by atoms with Crippen molar-refractivity contribution in [2.45, 2.75) is 49.1 Å². The van der Waals surface area contributed by atoms with Gasteiger partial charge in [0.2, 0.25) is 10.0 Å². The molecule has 1 aromatic rings. The van der Waals surface area contributed by atoms with Crippen molar-refractivity contribution >= 4 is 10.0 Å². The van der Waals surface area contributed by atoms with Crippen LogP contribution in [0, 0.1) is 5.82 Å². The molecule has 2 fully saturated rings. The van der Waals surface area contributed by atoms with Gasteiger partial charge in [0.05, 0.1) is 18.1 Å². The average molecular weight is 329 g/mol. The summed E-state index contributed by atoms with van der Waals surface area (Å²) >= 11 is 0. The minimum Gasteiger partial charge on any atom is -0.487 e. The molecule has 1 saturated carbocycles. The van der Waals surface area contributed by atoms with Crippen molar-refractivity contribution in [2.24, 2.45) is 0 Å². The normalized spacial score (nSPS) is 21.5. The number of sulfonamides is 1. The third-order valence-corrected chi connectivity index (χ3v) is 5.69. The van der Waals surface area contributed by atoms with Crippen LogP contribution in [0.25, 0.3) is 0 Å². The lowest BCUT2D eigenvalue weighted by molar-refractivity contribution is 0.0240. The largest absolute Gasteiger partial charge is 0.487 e. The van der Waals surface area contributed by atoms with Gasteiger partial charge in [-0.05, 0) is 38.0 Å². The summed E-state index contributed by atoms with van der Waals surface area (Å²) in [6.07, 6.45) is 2.94. The highest BCUT2D eigenvalue weighted by molar-refractivity contribution is 7.89. The maximum atomic E-state index is 14.1.